The molecule has 0 aliphatic carbocycles. The van der Waals surface area contributed by atoms with Crippen LogP contribution in [-0.2, 0) is 0 Å². The summed E-state index contributed by atoms with van der Waals surface area (Å²) in [6.07, 6.45) is 1.49. The van der Waals surface area contributed by atoms with Gasteiger partial charge in [-0.05, 0) is 33.6 Å². The molecule has 1 aromatic carbocycles. The molecular weight excluding hydrogens is 265 g/mol. The second-order valence-electron chi connectivity index (χ2n) is 2.99. The van der Waals surface area contributed by atoms with Gasteiger partial charge in [0.1, 0.15) is 5.82 Å². The third-order valence-electron chi connectivity index (χ3n) is 2.00. The highest BCUT2D eigenvalue weighted by atomic mass is 79.9. The van der Waals surface area contributed by atoms with Gasteiger partial charge >= 0.3 is 0 Å². The summed E-state index contributed by atoms with van der Waals surface area (Å²) in [6, 6.07) is 2.76. The Bertz CT molecular complexity index is 489. The molecule has 2 aromatic rings. The minimum Gasteiger partial charge on any atom is -0.504 e. The van der Waals surface area contributed by atoms with Crippen molar-refractivity contribution < 1.29 is 9.50 Å². The molecule has 1 aromatic heterocycles. The van der Waals surface area contributed by atoms with E-state index in [1.807, 2.05) is 0 Å². The quantitative estimate of drug-likeness (QED) is 0.745. The summed E-state index contributed by atoms with van der Waals surface area (Å²) in [6.45, 7) is 0. The third-order valence-corrected chi connectivity index (χ3v) is 2.60. The Morgan fingerprint density at radius 1 is 1.47 bits per heavy atom. The zero-order valence-electron chi connectivity index (χ0n) is 7.46. The highest BCUT2D eigenvalue weighted by Gasteiger charge is 2.11. The van der Waals surface area contributed by atoms with Crippen LogP contribution in [0.5, 0.6) is 5.75 Å². The molecule has 4 N–H and O–H groups in total. The maximum Gasteiger partial charge on any atom is 0.166 e. The number of aromatic nitrogens is 2. The Hall–Kier alpha value is -1.56. The van der Waals surface area contributed by atoms with Crippen molar-refractivity contribution in [1.82, 2.24) is 10.2 Å². The first-order valence-electron chi connectivity index (χ1n) is 4.07. The zero-order valence-corrected chi connectivity index (χ0v) is 9.05. The number of nitrogens with two attached hydrogens (primary N) is 1. The van der Waals surface area contributed by atoms with Crippen LogP contribution in [0.15, 0.2) is 22.8 Å². The largest absolute Gasteiger partial charge is 0.504 e. The topological polar surface area (TPSA) is 74.9 Å². The van der Waals surface area contributed by atoms with E-state index < -0.39 is 11.6 Å². The fourth-order valence-electron chi connectivity index (χ4n) is 1.25. The Morgan fingerprint density at radius 3 is 2.73 bits per heavy atom. The molecular formula is C9H7BrFN3O. The number of aromatic hydroxyl groups is 1. The van der Waals surface area contributed by atoms with Gasteiger partial charge in [-0.15, -0.1) is 0 Å². The molecule has 6 heteroatoms. The molecule has 0 atom stereocenters. The van der Waals surface area contributed by atoms with Crippen LogP contribution < -0.4 is 5.73 Å². The molecule has 0 saturated carbocycles. The van der Waals surface area contributed by atoms with Gasteiger partial charge in [-0.1, -0.05) is 0 Å². The number of halogens is 2. The molecule has 78 valence electrons. The summed E-state index contributed by atoms with van der Waals surface area (Å²) >= 11 is 3.05. The van der Waals surface area contributed by atoms with Crippen LogP contribution in [0, 0.1) is 5.82 Å². The SMILES string of the molecule is Nc1[nH]ncc1-c1cc(F)c(O)c(Br)c1. The van der Waals surface area contributed by atoms with Crippen molar-refractivity contribution in [3.63, 3.8) is 0 Å². The number of phenols is 1. The van der Waals surface area contributed by atoms with Crippen molar-refractivity contribution in [2.45, 2.75) is 0 Å². The van der Waals surface area contributed by atoms with Crippen molar-refractivity contribution in [1.29, 1.82) is 0 Å². The summed E-state index contributed by atoms with van der Waals surface area (Å²) < 4.78 is 13.5. The number of hydrogen-bond acceptors (Lipinski definition) is 3. The van der Waals surface area contributed by atoms with E-state index in [2.05, 4.69) is 26.1 Å². The second kappa shape index (κ2) is 3.54. The van der Waals surface area contributed by atoms with Crippen LogP contribution in [0.2, 0.25) is 0 Å². The van der Waals surface area contributed by atoms with Crippen LogP contribution in [0.1, 0.15) is 0 Å². The fourth-order valence-corrected chi connectivity index (χ4v) is 1.68. The molecule has 0 amide bonds. The van der Waals surface area contributed by atoms with Crippen LogP contribution in [0.25, 0.3) is 11.1 Å². The van der Waals surface area contributed by atoms with Crippen LogP contribution in [0.4, 0.5) is 10.2 Å². The second-order valence-corrected chi connectivity index (χ2v) is 3.84. The van der Waals surface area contributed by atoms with Crippen LogP contribution >= 0.6 is 15.9 Å². The van der Waals surface area contributed by atoms with Gasteiger partial charge in [0.15, 0.2) is 11.6 Å². The van der Waals surface area contributed by atoms with Gasteiger partial charge in [0.2, 0.25) is 0 Å². The number of hydrogen-bond donors (Lipinski definition) is 3. The minimum atomic E-state index is -0.708. The number of nitrogen functional groups attached to an aromatic ring is 1. The first-order valence-corrected chi connectivity index (χ1v) is 4.86. The average molecular weight is 272 g/mol. The molecule has 2 rings (SSSR count). The number of phenolic OH excluding ortho intramolecular Hbond substituents is 1. The standard InChI is InChI=1S/C9H7BrFN3O/c10-6-1-4(2-7(11)8(6)15)5-3-13-14-9(5)12/h1-3,15H,(H3,12,13,14). The molecule has 0 aliphatic rings. The van der Waals surface area contributed by atoms with E-state index >= 15 is 0 Å². The van der Waals surface area contributed by atoms with Crippen LogP contribution in [0.3, 0.4) is 0 Å². The van der Waals surface area contributed by atoms with E-state index in [4.69, 9.17) is 5.73 Å². The first-order chi connectivity index (χ1) is 7.09. The van der Waals surface area contributed by atoms with Crippen LogP contribution in [-0.4, -0.2) is 15.3 Å². The van der Waals surface area contributed by atoms with E-state index in [1.54, 1.807) is 6.07 Å². The maximum absolute atomic E-state index is 13.2. The van der Waals surface area contributed by atoms with E-state index in [0.29, 0.717) is 16.9 Å². The molecule has 0 saturated heterocycles. The van der Waals surface area contributed by atoms with Crippen molar-refractivity contribution in [2.24, 2.45) is 0 Å². The third kappa shape index (κ3) is 1.68. The lowest BCUT2D eigenvalue weighted by molar-refractivity contribution is 0.429. The number of rotatable bonds is 1. The molecule has 1 heterocycles. The lowest BCUT2D eigenvalue weighted by atomic mass is 10.1. The Morgan fingerprint density at radius 2 is 2.20 bits per heavy atom. The minimum absolute atomic E-state index is 0.276. The number of aromatic amines is 1. The van der Waals surface area contributed by atoms with Gasteiger partial charge < -0.3 is 10.8 Å². The summed E-state index contributed by atoms with van der Waals surface area (Å²) in [4.78, 5) is 0. The number of anilines is 1. The number of H-pyrrole nitrogens is 1. The fraction of sp³-hybridized carbons (Fsp3) is 0. The predicted molar refractivity (Wildman–Crippen MR) is 57.8 cm³/mol. The lowest BCUT2D eigenvalue weighted by Gasteiger charge is -2.03. The van der Waals surface area contributed by atoms with Gasteiger partial charge in [0.25, 0.3) is 0 Å². The molecule has 0 unspecified atom stereocenters. The average Bonchev–Trinajstić information content (AvgIpc) is 2.60. The summed E-state index contributed by atoms with van der Waals surface area (Å²) in [5, 5.41) is 15.5. The first kappa shape index (κ1) is 9.97. The maximum atomic E-state index is 13.2. The summed E-state index contributed by atoms with van der Waals surface area (Å²) in [5.74, 6) is -0.771. The van der Waals surface area contributed by atoms with Gasteiger partial charge in [0, 0.05) is 5.56 Å². The smallest absolute Gasteiger partial charge is 0.166 e. The molecule has 0 aliphatic heterocycles. The van der Waals surface area contributed by atoms with Crippen molar-refractivity contribution in [2.75, 3.05) is 5.73 Å². The summed E-state index contributed by atoms with van der Waals surface area (Å²) in [5.41, 5.74) is 6.73. The summed E-state index contributed by atoms with van der Waals surface area (Å²) in [7, 11) is 0. The van der Waals surface area contributed by atoms with E-state index in [1.165, 1.54) is 12.3 Å². The highest BCUT2D eigenvalue weighted by Crippen LogP contribution is 2.33. The Balaban J connectivity index is 2.60. The van der Waals surface area contributed by atoms with E-state index in [-0.39, 0.29) is 4.47 Å². The Kier molecular flexibility index (Phi) is 2.36. The molecule has 15 heavy (non-hydrogen) atoms. The zero-order chi connectivity index (χ0) is 11.0. The molecule has 0 fully saturated rings. The Labute approximate surface area is 93.1 Å². The normalized spacial score (nSPS) is 10.5. The van der Waals surface area contributed by atoms with Crippen molar-refractivity contribution in [3.05, 3.63) is 28.6 Å². The molecule has 4 nitrogen and oxygen atoms in total. The molecule has 0 spiro atoms. The molecule has 0 radical (unpaired) electrons. The predicted octanol–water partition coefficient (Wildman–Crippen LogP) is 2.27. The number of benzene rings is 1. The van der Waals surface area contributed by atoms with Gasteiger partial charge in [-0.3, -0.25) is 5.10 Å². The van der Waals surface area contributed by atoms with Gasteiger partial charge in [-0.2, -0.15) is 5.10 Å². The molecule has 0 bridgehead atoms. The van der Waals surface area contributed by atoms with E-state index in [0.717, 1.165) is 0 Å². The highest BCUT2D eigenvalue weighted by molar-refractivity contribution is 9.10. The van der Waals surface area contributed by atoms with Crippen molar-refractivity contribution in [3.8, 4) is 16.9 Å². The monoisotopic (exact) mass is 271 g/mol. The van der Waals surface area contributed by atoms with Gasteiger partial charge in [-0.25, -0.2) is 4.39 Å². The number of nitrogens with zero attached hydrogens (tertiary/aromatic N) is 1. The number of nitrogens with one attached hydrogen (secondary N) is 1. The van der Waals surface area contributed by atoms with E-state index in [9.17, 15) is 9.50 Å². The van der Waals surface area contributed by atoms with Gasteiger partial charge in [0.05, 0.1) is 10.7 Å². The van der Waals surface area contributed by atoms with Crippen molar-refractivity contribution >= 4 is 21.7 Å². The lowest BCUT2D eigenvalue weighted by Crippen LogP contribution is -1.89.